The van der Waals surface area contributed by atoms with Gasteiger partial charge in [0.25, 0.3) is 0 Å². The van der Waals surface area contributed by atoms with Crippen LogP contribution in [0.4, 0.5) is 17.2 Å². The number of Topliss-reactive ketones (excluding diaryl/α,β-unsaturated/α-hetero) is 1. The van der Waals surface area contributed by atoms with Gasteiger partial charge in [-0.15, -0.1) is 0 Å². The molecule has 0 unspecified atom stereocenters. The third kappa shape index (κ3) is 2.87. The Bertz CT molecular complexity index is 656. The van der Waals surface area contributed by atoms with Crippen molar-refractivity contribution in [3.63, 3.8) is 0 Å². The average molecular weight is 252 g/mol. The number of anilines is 3. The van der Waals surface area contributed by atoms with Crippen LogP contribution in [0.3, 0.4) is 0 Å². The van der Waals surface area contributed by atoms with E-state index in [4.69, 9.17) is 11.0 Å². The molecule has 94 valence electrons. The first-order valence-electron chi connectivity index (χ1n) is 5.64. The van der Waals surface area contributed by atoms with Crippen molar-refractivity contribution in [2.45, 2.75) is 6.92 Å². The standard InChI is InChI=1S/C14H12N4O/c1-9(19)11-2-4-12(5-3-11)18-14-13(16)6-10(7-15)8-17-14/h2-6,8H,16H2,1H3,(H,17,18). The molecule has 0 atom stereocenters. The fourth-order valence-electron chi connectivity index (χ4n) is 1.57. The molecule has 5 nitrogen and oxygen atoms in total. The monoisotopic (exact) mass is 252 g/mol. The number of pyridine rings is 1. The number of carbonyl (C=O) groups excluding carboxylic acids is 1. The molecule has 1 heterocycles. The highest BCUT2D eigenvalue weighted by atomic mass is 16.1. The average Bonchev–Trinajstić information content (AvgIpc) is 2.41. The predicted octanol–water partition coefficient (Wildman–Crippen LogP) is 2.48. The number of ketones is 1. The minimum atomic E-state index is 0.0163. The Morgan fingerprint density at radius 2 is 2.05 bits per heavy atom. The first-order chi connectivity index (χ1) is 9.10. The third-order valence-electron chi connectivity index (χ3n) is 2.60. The van der Waals surface area contributed by atoms with Crippen LogP contribution in [0.5, 0.6) is 0 Å². The van der Waals surface area contributed by atoms with Crippen LogP contribution in [-0.2, 0) is 0 Å². The van der Waals surface area contributed by atoms with Crippen LogP contribution in [0.2, 0.25) is 0 Å². The van der Waals surface area contributed by atoms with Crippen LogP contribution < -0.4 is 11.1 Å². The number of nitriles is 1. The highest BCUT2D eigenvalue weighted by Gasteiger charge is 2.04. The quantitative estimate of drug-likeness (QED) is 0.819. The van der Waals surface area contributed by atoms with E-state index >= 15 is 0 Å². The van der Waals surface area contributed by atoms with Gasteiger partial charge in [0.2, 0.25) is 0 Å². The Morgan fingerprint density at radius 1 is 1.37 bits per heavy atom. The molecule has 0 saturated heterocycles. The summed E-state index contributed by atoms with van der Waals surface area (Å²) in [5.41, 5.74) is 8.02. The molecule has 0 saturated carbocycles. The zero-order chi connectivity index (χ0) is 13.8. The smallest absolute Gasteiger partial charge is 0.159 e. The van der Waals surface area contributed by atoms with Gasteiger partial charge in [0.1, 0.15) is 6.07 Å². The summed E-state index contributed by atoms with van der Waals surface area (Å²) in [6, 6.07) is 10.5. The first kappa shape index (κ1) is 12.6. The van der Waals surface area contributed by atoms with Crippen molar-refractivity contribution in [3.8, 4) is 6.07 Å². The van der Waals surface area contributed by atoms with Gasteiger partial charge in [0, 0.05) is 17.4 Å². The Kier molecular flexibility index (Phi) is 3.44. The van der Waals surface area contributed by atoms with Gasteiger partial charge in [0.15, 0.2) is 11.6 Å². The highest BCUT2D eigenvalue weighted by Crippen LogP contribution is 2.21. The molecule has 0 radical (unpaired) electrons. The van der Waals surface area contributed by atoms with Crippen LogP contribution >= 0.6 is 0 Å². The summed E-state index contributed by atoms with van der Waals surface area (Å²) in [5.74, 6) is 0.497. The molecule has 2 rings (SSSR count). The van der Waals surface area contributed by atoms with Crippen LogP contribution in [0.25, 0.3) is 0 Å². The summed E-state index contributed by atoms with van der Waals surface area (Å²) < 4.78 is 0. The molecule has 0 amide bonds. The molecule has 3 N–H and O–H groups in total. The number of nitrogens with zero attached hydrogens (tertiary/aromatic N) is 2. The highest BCUT2D eigenvalue weighted by molar-refractivity contribution is 5.94. The molecule has 0 aliphatic rings. The number of nitrogens with two attached hydrogens (primary N) is 1. The lowest BCUT2D eigenvalue weighted by atomic mass is 10.1. The molecule has 5 heteroatoms. The van der Waals surface area contributed by atoms with E-state index in [0.717, 1.165) is 5.69 Å². The van der Waals surface area contributed by atoms with E-state index in [9.17, 15) is 4.79 Å². The van der Waals surface area contributed by atoms with E-state index in [0.29, 0.717) is 22.6 Å². The molecule has 0 spiro atoms. The van der Waals surface area contributed by atoms with Crippen molar-refractivity contribution in [1.29, 1.82) is 5.26 Å². The van der Waals surface area contributed by atoms with E-state index in [-0.39, 0.29) is 5.78 Å². The maximum atomic E-state index is 11.2. The molecule has 19 heavy (non-hydrogen) atoms. The summed E-state index contributed by atoms with van der Waals surface area (Å²) >= 11 is 0. The Balaban J connectivity index is 2.22. The Labute approximate surface area is 110 Å². The number of hydrogen-bond acceptors (Lipinski definition) is 5. The van der Waals surface area contributed by atoms with Crippen molar-refractivity contribution in [1.82, 2.24) is 4.98 Å². The number of rotatable bonds is 3. The number of nitrogens with one attached hydrogen (secondary N) is 1. The van der Waals surface area contributed by atoms with E-state index in [2.05, 4.69) is 10.3 Å². The summed E-state index contributed by atoms with van der Waals surface area (Å²) in [4.78, 5) is 15.2. The van der Waals surface area contributed by atoms with E-state index in [1.54, 1.807) is 30.3 Å². The topological polar surface area (TPSA) is 91.8 Å². The van der Waals surface area contributed by atoms with E-state index in [1.165, 1.54) is 13.1 Å². The van der Waals surface area contributed by atoms with Crippen molar-refractivity contribution >= 4 is 23.0 Å². The molecular weight excluding hydrogens is 240 g/mol. The zero-order valence-corrected chi connectivity index (χ0v) is 10.3. The van der Waals surface area contributed by atoms with Crippen molar-refractivity contribution < 1.29 is 4.79 Å². The van der Waals surface area contributed by atoms with Crippen LogP contribution in [0, 0.1) is 11.3 Å². The maximum Gasteiger partial charge on any atom is 0.159 e. The lowest BCUT2D eigenvalue weighted by molar-refractivity contribution is 0.101. The summed E-state index contributed by atoms with van der Waals surface area (Å²) in [6.07, 6.45) is 1.45. The molecule has 0 aliphatic carbocycles. The second-order valence-corrected chi connectivity index (χ2v) is 4.03. The van der Waals surface area contributed by atoms with Gasteiger partial charge in [-0.25, -0.2) is 4.98 Å². The van der Waals surface area contributed by atoms with Gasteiger partial charge in [-0.3, -0.25) is 4.79 Å². The van der Waals surface area contributed by atoms with Crippen molar-refractivity contribution in [3.05, 3.63) is 47.7 Å². The minimum Gasteiger partial charge on any atom is -0.396 e. The van der Waals surface area contributed by atoms with Gasteiger partial charge in [-0.2, -0.15) is 5.26 Å². The predicted molar refractivity (Wildman–Crippen MR) is 73.1 cm³/mol. The van der Waals surface area contributed by atoms with E-state index < -0.39 is 0 Å². The summed E-state index contributed by atoms with van der Waals surface area (Å²) in [7, 11) is 0. The second kappa shape index (κ2) is 5.19. The van der Waals surface area contributed by atoms with Crippen LogP contribution in [0.15, 0.2) is 36.5 Å². The number of hydrogen-bond donors (Lipinski definition) is 2. The fourth-order valence-corrected chi connectivity index (χ4v) is 1.57. The molecule has 0 fully saturated rings. The SMILES string of the molecule is CC(=O)c1ccc(Nc2ncc(C#N)cc2N)cc1. The maximum absolute atomic E-state index is 11.2. The van der Waals surface area contributed by atoms with Gasteiger partial charge < -0.3 is 11.1 Å². The van der Waals surface area contributed by atoms with E-state index in [1.807, 2.05) is 6.07 Å². The molecule has 2 aromatic rings. The van der Waals surface area contributed by atoms with Crippen LogP contribution in [-0.4, -0.2) is 10.8 Å². The van der Waals surface area contributed by atoms with Crippen molar-refractivity contribution in [2.75, 3.05) is 11.1 Å². The summed E-state index contributed by atoms with van der Waals surface area (Å²) in [5, 5.41) is 11.8. The van der Waals surface area contributed by atoms with Crippen LogP contribution in [0.1, 0.15) is 22.8 Å². The number of nitrogen functional groups attached to an aromatic ring is 1. The fraction of sp³-hybridized carbons (Fsp3) is 0.0714. The molecule has 0 bridgehead atoms. The number of benzene rings is 1. The molecule has 0 aliphatic heterocycles. The second-order valence-electron chi connectivity index (χ2n) is 4.03. The molecular formula is C14H12N4O. The Morgan fingerprint density at radius 3 is 2.58 bits per heavy atom. The zero-order valence-electron chi connectivity index (χ0n) is 10.3. The number of aromatic nitrogens is 1. The number of carbonyl (C=O) groups is 1. The first-order valence-corrected chi connectivity index (χ1v) is 5.64. The lowest BCUT2D eigenvalue weighted by Crippen LogP contribution is -2.00. The lowest BCUT2D eigenvalue weighted by Gasteiger charge is -2.08. The van der Waals surface area contributed by atoms with Crippen molar-refractivity contribution in [2.24, 2.45) is 0 Å². The minimum absolute atomic E-state index is 0.0163. The largest absolute Gasteiger partial charge is 0.396 e. The normalized spacial score (nSPS) is 9.68. The van der Waals surface area contributed by atoms with Gasteiger partial charge in [0.05, 0.1) is 11.3 Å². The van der Waals surface area contributed by atoms with Gasteiger partial charge in [-0.05, 0) is 37.3 Å². The third-order valence-corrected chi connectivity index (χ3v) is 2.60. The summed E-state index contributed by atoms with van der Waals surface area (Å²) in [6.45, 7) is 1.52. The van der Waals surface area contributed by atoms with Gasteiger partial charge >= 0.3 is 0 Å². The van der Waals surface area contributed by atoms with Gasteiger partial charge in [-0.1, -0.05) is 0 Å². The Hall–Kier alpha value is -2.87. The molecule has 1 aromatic carbocycles. The molecule has 1 aromatic heterocycles.